The quantitative estimate of drug-likeness (QED) is 0.797. The van der Waals surface area contributed by atoms with E-state index >= 15 is 0 Å². The SMILES string of the molecule is CSCC[C@@H](N)C(=O)N1CCO[C@@H](c2cc(F)c(Cl)cc2Cl)C1. The van der Waals surface area contributed by atoms with E-state index in [0.717, 1.165) is 5.75 Å². The molecule has 0 unspecified atom stereocenters. The molecular formula is C15H19Cl2FN2O2S. The van der Waals surface area contributed by atoms with Crippen molar-refractivity contribution in [3.63, 3.8) is 0 Å². The molecule has 1 fully saturated rings. The van der Waals surface area contributed by atoms with Crippen LogP contribution in [0.25, 0.3) is 0 Å². The Morgan fingerprint density at radius 3 is 2.96 bits per heavy atom. The molecule has 0 bridgehead atoms. The van der Waals surface area contributed by atoms with E-state index in [0.29, 0.717) is 36.7 Å². The third kappa shape index (κ3) is 4.73. The summed E-state index contributed by atoms with van der Waals surface area (Å²) in [7, 11) is 0. The van der Waals surface area contributed by atoms with Crippen molar-refractivity contribution in [2.45, 2.75) is 18.6 Å². The smallest absolute Gasteiger partial charge is 0.239 e. The first-order valence-electron chi connectivity index (χ1n) is 7.23. The maximum atomic E-state index is 13.7. The predicted octanol–water partition coefficient (Wildman–Crippen LogP) is 3.11. The molecule has 4 nitrogen and oxygen atoms in total. The minimum atomic E-state index is -0.560. The number of hydrogen-bond donors (Lipinski definition) is 1. The van der Waals surface area contributed by atoms with Gasteiger partial charge in [-0.15, -0.1) is 0 Å². The van der Waals surface area contributed by atoms with E-state index in [1.807, 2.05) is 6.26 Å². The summed E-state index contributed by atoms with van der Waals surface area (Å²) in [5.74, 6) is 0.155. The van der Waals surface area contributed by atoms with E-state index < -0.39 is 18.0 Å². The van der Waals surface area contributed by atoms with E-state index in [4.69, 9.17) is 33.7 Å². The van der Waals surface area contributed by atoms with E-state index in [2.05, 4.69) is 0 Å². The van der Waals surface area contributed by atoms with Gasteiger partial charge in [0, 0.05) is 17.1 Å². The van der Waals surface area contributed by atoms with Gasteiger partial charge in [-0.3, -0.25) is 4.79 Å². The van der Waals surface area contributed by atoms with Gasteiger partial charge in [0.1, 0.15) is 11.9 Å². The zero-order valence-electron chi connectivity index (χ0n) is 12.7. The number of carbonyl (C=O) groups excluding carboxylic acids is 1. The second kappa shape index (κ2) is 8.53. The average Bonchev–Trinajstić information content (AvgIpc) is 2.55. The van der Waals surface area contributed by atoms with Crippen molar-refractivity contribution in [1.29, 1.82) is 0 Å². The van der Waals surface area contributed by atoms with Gasteiger partial charge in [0.15, 0.2) is 0 Å². The number of thioether (sulfide) groups is 1. The van der Waals surface area contributed by atoms with Gasteiger partial charge < -0.3 is 15.4 Å². The highest BCUT2D eigenvalue weighted by atomic mass is 35.5. The number of morpholine rings is 1. The Morgan fingerprint density at radius 2 is 2.26 bits per heavy atom. The number of halogens is 3. The first kappa shape index (κ1) is 18.8. The molecule has 2 N–H and O–H groups in total. The molecule has 1 aromatic carbocycles. The average molecular weight is 381 g/mol. The fraction of sp³-hybridized carbons (Fsp3) is 0.533. The molecule has 0 aliphatic carbocycles. The van der Waals surface area contributed by atoms with Gasteiger partial charge in [0.2, 0.25) is 5.91 Å². The molecule has 1 heterocycles. The highest BCUT2D eigenvalue weighted by Crippen LogP contribution is 2.32. The lowest BCUT2D eigenvalue weighted by atomic mass is 10.1. The Morgan fingerprint density at radius 1 is 1.52 bits per heavy atom. The van der Waals surface area contributed by atoms with Gasteiger partial charge in [-0.25, -0.2) is 4.39 Å². The van der Waals surface area contributed by atoms with Crippen LogP contribution in [0.4, 0.5) is 4.39 Å². The first-order chi connectivity index (χ1) is 10.9. The summed E-state index contributed by atoms with van der Waals surface area (Å²) >= 11 is 13.5. The Labute approximate surface area is 149 Å². The van der Waals surface area contributed by atoms with Crippen molar-refractivity contribution in [2.75, 3.05) is 31.7 Å². The van der Waals surface area contributed by atoms with Gasteiger partial charge in [-0.05, 0) is 30.6 Å². The van der Waals surface area contributed by atoms with Gasteiger partial charge in [0.05, 0.1) is 24.2 Å². The summed E-state index contributed by atoms with van der Waals surface area (Å²) < 4.78 is 19.3. The maximum absolute atomic E-state index is 13.7. The molecule has 1 amide bonds. The maximum Gasteiger partial charge on any atom is 0.239 e. The van der Waals surface area contributed by atoms with Crippen LogP contribution in [0.1, 0.15) is 18.1 Å². The molecule has 1 aliphatic rings. The van der Waals surface area contributed by atoms with Crippen LogP contribution >= 0.6 is 35.0 Å². The summed E-state index contributed by atoms with van der Waals surface area (Å²) in [5, 5.41) is 0.281. The zero-order chi connectivity index (χ0) is 17.0. The van der Waals surface area contributed by atoms with Crippen LogP contribution in [0.2, 0.25) is 10.0 Å². The minimum Gasteiger partial charge on any atom is -0.370 e. The van der Waals surface area contributed by atoms with Gasteiger partial charge in [0.25, 0.3) is 0 Å². The first-order valence-corrected chi connectivity index (χ1v) is 9.38. The summed E-state index contributed by atoms with van der Waals surface area (Å²) in [4.78, 5) is 14.0. The fourth-order valence-corrected chi connectivity index (χ4v) is 3.42. The second-order valence-corrected chi connectivity index (χ2v) is 7.12. The summed E-state index contributed by atoms with van der Waals surface area (Å²) in [6.07, 6.45) is 2.11. The molecule has 2 atom stereocenters. The Bertz CT molecular complexity index is 577. The number of rotatable bonds is 5. The van der Waals surface area contributed by atoms with Crippen LogP contribution in [0, 0.1) is 5.82 Å². The van der Waals surface area contributed by atoms with E-state index in [1.165, 1.54) is 12.1 Å². The van der Waals surface area contributed by atoms with E-state index in [1.54, 1.807) is 16.7 Å². The van der Waals surface area contributed by atoms with E-state index in [9.17, 15) is 9.18 Å². The molecule has 8 heteroatoms. The Kier molecular flexibility index (Phi) is 6.98. The Balaban J connectivity index is 2.09. The van der Waals surface area contributed by atoms with Crippen molar-refractivity contribution in [3.8, 4) is 0 Å². The summed E-state index contributed by atoms with van der Waals surface area (Å²) in [6.45, 7) is 1.12. The zero-order valence-corrected chi connectivity index (χ0v) is 15.1. The Hall–Kier alpha value is -0.530. The van der Waals surface area contributed by atoms with Crippen molar-refractivity contribution in [1.82, 2.24) is 4.90 Å². The van der Waals surface area contributed by atoms with Crippen molar-refractivity contribution < 1.29 is 13.9 Å². The molecule has 1 aromatic rings. The minimum absolute atomic E-state index is 0.0402. The van der Waals surface area contributed by atoms with E-state index in [-0.39, 0.29) is 10.9 Å². The number of nitrogens with two attached hydrogens (primary N) is 1. The predicted molar refractivity (Wildman–Crippen MR) is 92.7 cm³/mol. The van der Waals surface area contributed by atoms with Gasteiger partial charge in [-0.2, -0.15) is 11.8 Å². The number of nitrogens with zero attached hydrogens (tertiary/aromatic N) is 1. The lowest BCUT2D eigenvalue weighted by molar-refractivity contribution is -0.140. The van der Waals surface area contributed by atoms with Crippen LogP contribution in [0.3, 0.4) is 0 Å². The van der Waals surface area contributed by atoms with Crippen LogP contribution < -0.4 is 5.73 Å². The monoisotopic (exact) mass is 380 g/mol. The third-order valence-corrected chi connectivity index (χ3v) is 4.98. The van der Waals surface area contributed by atoms with Crippen LogP contribution in [-0.2, 0) is 9.53 Å². The lowest BCUT2D eigenvalue weighted by Gasteiger charge is -2.35. The number of amides is 1. The van der Waals surface area contributed by atoms with Crippen molar-refractivity contribution >= 4 is 40.9 Å². The standard InChI is InChI=1S/C15H19Cl2FN2O2S/c1-23-5-2-13(19)15(21)20-3-4-22-14(8-20)9-6-12(18)11(17)7-10(9)16/h6-7,13-14H,2-5,8,19H2,1H3/t13-,14-/m1/s1. The summed E-state index contributed by atoms with van der Waals surface area (Å²) in [5.41, 5.74) is 6.43. The van der Waals surface area contributed by atoms with Gasteiger partial charge in [-0.1, -0.05) is 23.2 Å². The molecule has 0 spiro atoms. The van der Waals surface area contributed by atoms with Crippen molar-refractivity contribution in [3.05, 3.63) is 33.6 Å². The van der Waals surface area contributed by atoms with Crippen LogP contribution in [0.5, 0.6) is 0 Å². The molecule has 2 rings (SSSR count). The molecular weight excluding hydrogens is 362 g/mol. The van der Waals surface area contributed by atoms with Crippen LogP contribution in [-0.4, -0.2) is 48.6 Å². The largest absolute Gasteiger partial charge is 0.370 e. The number of hydrogen-bond acceptors (Lipinski definition) is 4. The summed E-state index contributed by atoms with van der Waals surface area (Å²) in [6, 6.07) is 2.08. The topological polar surface area (TPSA) is 55.6 Å². The molecule has 0 radical (unpaired) electrons. The highest BCUT2D eigenvalue weighted by molar-refractivity contribution is 7.98. The molecule has 128 valence electrons. The lowest BCUT2D eigenvalue weighted by Crippen LogP contribution is -2.49. The second-order valence-electron chi connectivity index (χ2n) is 5.32. The highest BCUT2D eigenvalue weighted by Gasteiger charge is 2.29. The number of carbonyl (C=O) groups is 1. The molecule has 0 aromatic heterocycles. The molecule has 1 aliphatic heterocycles. The van der Waals surface area contributed by atoms with Crippen molar-refractivity contribution in [2.24, 2.45) is 5.73 Å². The number of ether oxygens (including phenoxy) is 1. The third-order valence-electron chi connectivity index (χ3n) is 3.71. The number of benzene rings is 1. The fourth-order valence-electron chi connectivity index (χ4n) is 2.43. The molecule has 1 saturated heterocycles. The molecule has 0 saturated carbocycles. The molecule has 23 heavy (non-hydrogen) atoms. The normalized spacial score (nSPS) is 19.7. The van der Waals surface area contributed by atoms with Gasteiger partial charge >= 0.3 is 0 Å². The van der Waals surface area contributed by atoms with Crippen LogP contribution in [0.15, 0.2) is 12.1 Å².